The lowest BCUT2D eigenvalue weighted by Crippen LogP contribution is -1.66. The van der Waals surface area contributed by atoms with Crippen molar-refractivity contribution in [3.8, 4) is 11.8 Å². The van der Waals surface area contributed by atoms with Gasteiger partial charge < -0.3 is 0 Å². The fraction of sp³-hybridized carbons (Fsp3) is 0.571. The lowest BCUT2D eigenvalue weighted by atomic mass is 10.3. The Labute approximate surface area is 45.9 Å². The van der Waals surface area contributed by atoms with E-state index in [1.807, 2.05) is 13.3 Å². The zero-order valence-corrected chi connectivity index (χ0v) is 4.99. The summed E-state index contributed by atoms with van der Waals surface area (Å²) in [6.45, 7) is 4.00. The third-order valence-electron chi connectivity index (χ3n) is 0.679. The standard InChI is InChI=1S/C7H11/c1-3-5-7-6-4-2/h7H,3,5H2,1-2H3. The normalized spacial score (nSPS) is 7.14. The summed E-state index contributed by atoms with van der Waals surface area (Å²) in [6.07, 6.45) is 4.33. The molecule has 0 nitrogen and oxygen atoms in total. The average Bonchev–Trinajstić information content (AvgIpc) is 1.69. The molecule has 0 atom stereocenters. The van der Waals surface area contributed by atoms with Crippen molar-refractivity contribution in [2.45, 2.75) is 26.7 Å². The Morgan fingerprint density at radius 3 is 2.71 bits per heavy atom. The van der Waals surface area contributed by atoms with E-state index in [-0.39, 0.29) is 0 Å². The van der Waals surface area contributed by atoms with Gasteiger partial charge in [0.2, 0.25) is 0 Å². The van der Waals surface area contributed by atoms with E-state index in [0.29, 0.717) is 0 Å². The second-order valence-electron chi connectivity index (χ2n) is 1.39. The Hall–Kier alpha value is -0.440. The first-order chi connectivity index (χ1) is 3.41. The van der Waals surface area contributed by atoms with Gasteiger partial charge in [0, 0.05) is 6.42 Å². The molecular weight excluding hydrogens is 84.1 g/mol. The molecule has 0 aromatic carbocycles. The average molecular weight is 95.2 g/mol. The van der Waals surface area contributed by atoms with Gasteiger partial charge in [-0.3, -0.25) is 0 Å². The van der Waals surface area contributed by atoms with Crippen molar-refractivity contribution in [3.05, 3.63) is 6.42 Å². The Kier molecular flexibility index (Phi) is 5.21. The summed E-state index contributed by atoms with van der Waals surface area (Å²) in [5.74, 6) is 5.67. The highest BCUT2D eigenvalue weighted by molar-refractivity contribution is 5.06. The molecule has 0 fully saturated rings. The third kappa shape index (κ3) is 5.56. The van der Waals surface area contributed by atoms with Crippen molar-refractivity contribution in [1.29, 1.82) is 0 Å². The first-order valence-electron chi connectivity index (χ1n) is 2.65. The molecule has 0 rings (SSSR count). The van der Waals surface area contributed by atoms with E-state index in [9.17, 15) is 0 Å². The third-order valence-corrected chi connectivity index (χ3v) is 0.679. The molecule has 0 aromatic heterocycles. The highest BCUT2D eigenvalue weighted by Gasteiger charge is 1.73. The molecule has 0 heterocycles. The fourth-order valence-corrected chi connectivity index (χ4v) is 0.319. The first kappa shape index (κ1) is 6.56. The minimum absolute atomic E-state index is 1.13. The van der Waals surface area contributed by atoms with Crippen LogP contribution in [0.1, 0.15) is 26.7 Å². The minimum atomic E-state index is 1.13. The SMILES string of the molecule is CC#C[CH]CCC. The van der Waals surface area contributed by atoms with Crippen LogP contribution in [0.3, 0.4) is 0 Å². The van der Waals surface area contributed by atoms with Crippen molar-refractivity contribution in [2.24, 2.45) is 0 Å². The lowest BCUT2D eigenvalue weighted by molar-refractivity contribution is 0.929. The van der Waals surface area contributed by atoms with Gasteiger partial charge in [-0.1, -0.05) is 19.3 Å². The summed E-state index contributed by atoms with van der Waals surface area (Å²) in [5.41, 5.74) is 0. The topological polar surface area (TPSA) is 0 Å². The van der Waals surface area contributed by atoms with Gasteiger partial charge in [-0.05, 0) is 13.3 Å². The highest BCUT2D eigenvalue weighted by atomic mass is 13.8. The van der Waals surface area contributed by atoms with Gasteiger partial charge in [-0.15, -0.1) is 5.92 Å². The second kappa shape index (κ2) is 5.56. The maximum Gasteiger partial charge on any atom is 0.0340 e. The molecule has 0 saturated carbocycles. The highest BCUT2D eigenvalue weighted by Crippen LogP contribution is 1.87. The molecule has 0 unspecified atom stereocenters. The van der Waals surface area contributed by atoms with Crippen LogP contribution in [0, 0.1) is 18.3 Å². The number of rotatable bonds is 2. The van der Waals surface area contributed by atoms with Crippen LogP contribution in [0.5, 0.6) is 0 Å². The van der Waals surface area contributed by atoms with E-state index in [1.165, 1.54) is 6.42 Å². The van der Waals surface area contributed by atoms with Crippen LogP contribution in [-0.2, 0) is 0 Å². The molecule has 0 amide bonds. The molecule has 0 aliphatic rings. The summed E-state index contributed by atoms with van der Waals surface area (Å²) in [4.78, 5) is 0. The molecule has 0 aliphatic heterocycles. The van der Waals surface area contributed by atoms with E-state index < -0.39 is 0 Å². The molecule has 7 heavy (non-hydrogen) atoms. The quantitative estimate of drug-likeness (QED) is 0.363. The summed E-state index contributed by atoms with van der Waals surface area (Å²) < 4.78 is 0. The molecule has 0 saturated heterocycles. The van der Waals surface area contributed by atoms with Crippen molar-refractivity contribution < 1.29 is 0 Å². The van der Waals surface area contributed by atoms with Crippen LogP contribution in [-0.4, -0.2) is 0 Å². The maximum absolute atomic E-state index is 2.87. The van der Waals surface area contributed by atoms with Crippen molar-refractivity contribution in [1.82, 2.24) is 0 Å². The molecule has 0 heteroatoms. The molecule has 0 aromatic rings. The molecular formula is C7H11. The smallest absolute Gasteiger partial charge is 0.0340 e. The summed E-state index contributed by atoms with van der Waals surface area (Å²) in [7, 11) is 0. The van der Waals surface area contributed by atoms with Gasteiger partial charge in [0.1, 0.15) is 0 Å². The summed E-state index contributed by atoms with van der Waals surface area (Å²) in [5, 5.41) is 0. The van der Waals surface area contributed by atoms with Crippen LogP contribution in [0.15, 0.2) is 0 Å². The summed E-state index contributed by atoms with van der Waals surface area (Å²) in [6, 6.07) is 0. The maximum atomic E-state index is 2.87. The summed E-state index contributed by atoms with van der Waals surface area (Å²) >= 11 is 0. The molecule has 39 valence electrons. The van der Waals surface area contributed by atoms with Crippen molar-refractivity contribution in [3.63, 3.8) is 0 Å². The van der Waals surface area contributed by atoms with E-state index in [0.717, 1.165) is 6.42 Å². The van der Waals surface area contributed by atoms with Gasteiger partial charge in [-0.25, -0.2) is 0 Å². The van der Waals surface area contributed by atoms with Gasteiger partial charge in [0.05, 0.1) is 0 Å². The van der Waals surface area contributed by atoms with Gasteiger partial charge in [0.15, 0.2) is 0 Å². The fourth-order valence-electron chi connectivity index (χ4n) is 0.319. The zero-order valence-electron chi connectivity index (χ0n) is 4.99. The predicted octanol–water partition coefficient (Wildman–Crippen LogP) is 2.01. The lowest BCUT2D eigenvalue weighted by Gasteiger charge is -1.79. The van der Waals surface area contributed by atoms with E-state index >= 15 is 0 Å². The Bertz CT molecular complexity index is 71.8. The number of hydrogen-bond donors (Lipinski definition) is 0. The Morgan fingerprint density at radius 2 is 2.29 bits per heavy atom. The zero-order chi connectivity index (χ0) is 5.54. The Morgan fingerprint density at radius 1 is 1.57 bits per heavy atom. The monoisotopic (exact) mass is 95.1 g/mol. The number of hydrogen-bond acceptors (Lipinski definition) is 0. The van der Waals surface area contributed by atoms with Gasteiger partial charge in [-0.2, -0.15) is 0 Å². The van der Waals surface area contributed by atoms with Gasteiger partial charge >= 0.3 is 0 Å². The minimum Gasteiger partial charge on any atom is -0.106 e. The molecule has 0 N–H and O–H groups in total. The second-order valence-corrected chi connectivity index (χ2v) is 1.39. The molecule has 0 spiro atoms. The molecule has 0 aliphatic carbocycles. The predicted molar refractivity (Wildman–Crippen MR) is 32.7 cm³/mol. The van der Waals surface area contributed by atoms with Crippen LogP contribution >= 0.6 is 0 Å². The van der Waals surface area contributed by atoms with Crippen LogP contribution in [0.2, 0.25) is 0 Å². The van der Waals surface area contributed by atoms with E-state index in [2.05, 4.69) is 18.8 Å². The van der Waals surface area contributed by atoms with Crippen LogP contribution in [0.25, 0.3) is 0 Å². The van der Waals surface area contributed by atoms with E-state index in [4.69, 9.17) is 0 Å². The van der Waals surface area contributed by atoms with E-state index in [1.54, 1.807) is 0 Å². The van der Waals surface area contributed by atoms with Gasteiger partial charge in [0.25, 0.3) is 0 Å². The Balaban J connectivity index is 2.78. The largest absolute Gasteiger partial charge is 0.106 e. The number of unbranched alkanes of at least 4 members (excludes halogenated alkanes) is 2. The van der Waals surface area contributed by atoms with Crippen molar-refractivity contribution >= 4 is 0 Å². The van der Waals surface area contributed by atoms with Crippen molar-refractivity contribution in [2.75, 3.05) is 0 Å². The molecule has 1 radical (unpaired) electrons. The van der Waals surface area contributed by atoms with Crippen LogP contribution in [0.4, 0.5) is 0 Å². The molecule has 0 bridgehead atoms. The van der Waals surface area contributed by atoms with Crippen LogP contribution < -0.4 is 0 Å². The first-order valence-corrected chi connectivity index (χ1v) is 2.65.